The molecule has 0 amide bonds. The molecule has 0 aliphatic heterocycles. The number of rotatable bonds is 3. The predicted molar refractivity (Wildman–Crippen MR) is 89.1 cm³/mol. The summed E-state index contributed by atoms with van der Waals surface area (Å²) in [6, 6.07) is 12.9. The number of aromatic hydroxyl groups is 2. The van der Waals surface area contributed by atoms with Crippen LogP contribution >= 0.6 is 0 Å². The largest absolute Gasteiger partial charge is 0.508 e. The Morgan fingerprint density at radius 3 is 2.45 bits per heavy atom. The molecule has 3 rings (SSSR count). The Morgan fingerprint density at radius 1 is 0.955 bits per heavy atom. The average Bonchev–Trinajstić information content (AvgIpc) is 2.46. The SMILES string of the molecule is CN(C)CC1=C(c2cccc(O)c2)c2cc(O)ccc2CC1. The van der Waals surface area contributed by atoms with Crippen LogP contribution in [0.5, 0.6) is 11.5 Å². The third kappa shape index (κ3) is 2.85. The Bertz CT molecular complexity index is 732. The van der Waals surface area contributed by atoms with Crippen LogP contribution in [0.2, 0.25) is 0 Å². The van der Waals surface area contributed by atoms with Crippen LogP contribution in [-0.4, -0.2) is 35.8 Å². The molecule has 0 aromatic heterocycles. The van der Waals surface area contributed by atoms with E-state index in [0.717, 1.165) is 36.1 Å². The van der Waals surface area contributed by atoms with Crippen molar-refractivity contribution in [3.63, 3.8) is 0 Å². The number of nitrogens with zero attached hydrogens (tertiary/aromatic N) is 1. The van der Waals surface area contributed by atoms with Gasteiger partial charge in [-0.15, -0.1) is 0 Å². The highest BCUT2D eigenvalue weighted by atomic mass is 16.3. The minimum absolute atomic E-state index is 0.265. The maximum Gasteiger partial charge on any atom is 0.116 e. The van der Waals surface area contributed by atoms with Crippen molar-refractivity contribution in [3.8, 4) is 11.5 Å². The summed E-state index contributed by atoms with van der Waals surface area (Å²) in [6.07, 6.45) is 1.99. The van der Waals surface area contributed by atoms with E-state index in [4.69, 9.17) is 0 Å². The molecule has 0 spiro atoms. The van der Waals surface area contributed by atoms with Gasteiger partial charge in [0.15, 0.2) is 0 Å². The Balaban J connectivity index is 2.21. The van der Waals surface area contributed by atoms with E-state index in [0.29, 0.717) is 0 Å². The van der Waals surface area contributed by atoms with E-state index in [1.807, 2.05) is 24.3 Å². The van der Waals surface area contributed by atoms with Gasteiger partial charge in [0.05, 0.1) is 0 Å². The number of phenolic OH excluding ortho intramolecular Hbond substituents is 2. The lowest BCUT2D eigenvalue weighted by molar-refractivity contribution is 0.439. The first-order chi connectivity index (χ1) is 10.5. The fourth-order valence-corrected chi connectivity index (χ4v) is 3.18. The van der Waals surface area contributed by atoms with Crippen molar-refractivity contribution in [1.82, 2.24) is 4.90 Å². The van der Waals surface area contributed by atoms with Crippen molar-refractivity contribution in [2.24, 2.45) is 0 Å². The van der Waals surface area contributed by atoms with E-state index >= 15 is 0 Å². The molecule has 0 fully saturated rings. The molecule has 0 radical (unpaired) electrons. The van der Waals surface area contributed by atoms with Gasteiger partial charge in [-0.1, -0.05) is 18.2 Å². The topological polar surface area (TPSA) is 43.7 Å². The average molecular weight is 295 g/mol. The molecule has 0 atom stereocenters. The van der Waals surface area contributed by atoms with Gasteiger partial charge in [0, 0.05) is 6.54 Å². The zero-order chi connectivity index (χ0) is 15.7. The Labute approximate surface area is 131 Å². The van der Waals surface area contributed by atoms with Crippen molar-refractivity contribution < 1.29 is 10.2 Å². The lowest BCUT2D eigenvalue weighted by Crippen LogP contribution is -2.19. The molecule has 2 N–H and O–H groups in total. The Morgan fingerprint density at radius 2 is 1.73 bits per heavy atom. The molecule has 0 saturated heterocycles. The number of hydrogen-bond acceptors (Lipinski definition) is 3. The van der Waals surface area contributed by atoms with Crippen molar-refractivity contribution >= 4 is 5.57 Å². The molecule has 22 heavy (non-hydrogen) atoms. The maximum atomic E-state index is 9.89. The van der Waals surface area contributed by atoms with E-state index in [2.05, 4.69) is 19.0 Å². The number of fused-ring (bicyclic) bond motifs is 1. The summed E-state index contributed by atoms with van der Waals surface area (Å²) in [5, 5.41) is 19.7. The first-order valence-corrected chi connectivity index (χ1v) is 7.53. The van der Waals surface area contributed by atoms with Gasteiger partial charge < -0.3 is 15.1 Å². The summed E-state index contributed by atoms with van der Waals surface area (Å²) < 4.78 is 0. The molecular weight excluding hydrogens is 274 g/mol. The van der Waals surface area contributed by atoms with Crippen LogP contribution in [0, 0.1) is 0 Å². The monoisotopic (exact) mass is 295 g/mol. The third-order valence-corrected chi connectivity index (χ3v) is 4.05. The fourth-order valence-electron chi connectivity index (χ4n) is 3.18. The maximum absolute atomic E-state index is 9.89. The minimum atomic E-state index is 0.265. The minimum Gasteiger partial charge on any atom is -0.508 e. The fraction of sp³-hybridized carbons (Fsp3) is 0.263. The van der Waals surface area contributed by atoms with Gasteiger partial charge in [-0.2, -0.15) is 0 Å². The highest BCUT2D eigenvalue weighted by molar-refractivity contribution is 5.86. The van der Waals surface area contributed by atoms with Gasteiger partial charge in [0.25, 0.3) is 0 Å². The van der Waals surface area contributed by atoms with Crippen molar-refractivity contribution in [3.05, 3.63) is 64.7 Å². The highest BCUT2D eigenvalue weighted by Crippen LogP contribution is 2.38. The normalized spacial score (nSPS) is 14.3. The van der Waals surface area contributed by atoms with E-state index in [9.17, 15) is 10.2 Å². The van der Waals surface area contributed by atoms with E-state index in [1.54, 1.807) is 18.2 Å². The molecule has 1 aliphatic carbocycles. The van der Waals surface area contributed by atoms with E-state index < -0.39 is 0 Å². The number of aryl methyl sites for hydroxylation is 1. The Hall–Kier alpha value is -2.26. The summed E-state index contributed by atoms with van der Waals surface area (Å²) in [5.74, 6) is 0.545. The standard InChI is InChI=1S/C19H21NO2/c1-20(2)12-15-7-6-13-8-9-17(22)11-18(13)19(15)14-4-3-5-16(21)10-14/h3-5,8-11,21-22H,6-7,12H2,1-2H3. The molecule has 114 valence electrons. The van der Waals surface area contributed by atoms with Gasteiger partial charge in [-0.3, -0.25) is 0 Å². The third-order valence-electron chi connectivity index (χ3n) is 4.05. The zero-order valence-corrected chi connectivity index (χ0v) is 13.0. The van der Waals surface area contributed by atoms with Gasteiger partial charge in [0.1, 0.15) is 11.5 Å². The summed E-state index contributed by atoms with van der Waals surface area (Å²) in [7, 11) is 4.12. The van der Waals surface area contributed by atoms with Crippen molar-refractivity contribution in [2.45, 2.75) is 12.8 Å². The quantitative estimate of drug-likeness (QED) is 0.912. The number of hydrogen-bond donors (Lipinski definition) is 2. The van der Waals surface area contributed by atoms with Crippen LogP contribution in [0.4, 0.5) is 0 Å². The number of benzene rings is 2. The molecular formula is C19H21NO2. The van der Waals surface area contributed by atoms with Crippen LogP contribution < -0.4 is 0 Å². The molecule has 1 aliphatic rings. The summed E-state index contributed by atoms with van der Waals surface area (Å²) in [4.78, 5) is 2.16. The zero-order valence-electron chi connectivity index (χ0n) is 13.0. The van der Waals surface area contributed by atoms with Gasteiger partial charge in [-0.05, 0) is 79.0 Å². The molecule has 3 heteroatoms. The summed E-state index contributed by atoms with van der Waals surface area (Å²) >= 11 is 0. The first kappa shape index (κ1) is 14.7. The molecule has 0 heterocycles. The van der Waals surface area contributed by atoms with Gasteiger partial charge in [0.2, 0.25) is 0 Å². The Kier molecular flexibility index (Phi) is 3.90. The smallest absolute Gasteiger partial charge is 0.116 e. The second-order valence-corrected chi connectivity index (χ2v) is 6.11. The lowest BCUT2D eigenvalue weighted by atomic mass is 9.82. The van der Waals surface area contributed by atoms with E-state index in [1.165, 1.54) is 11.1 Å². The second kappa shape index (κ2) is 5.85. The van der Waals surface area contributed by atoms with Gasteiger partial charge >= 0.3 is 0 Å². The van der Waals surface area contributed by atoms with Crippen LogP contribution in [0.3, 0.4) is 0 Å². The van der Waals surface area contributed by atoms with Crippen molar-refractivity contribution in [2.75, 3.05) is 20.6 Å². The second-order valence-electron chi connectivity index (χ2n) is 6.11. The lowest BCUT2D eigenvalue weighted by Gasteiger charge is -2.26. The summed E-state index contributed by atoms with van der Waals surface area (Å²) in [5.41, 5.74) is 5.81. The number of phenols is 2. The molecule has 3 nitrogen and oxygen atoms in total. The van der Waals surface area contributed by atoms with Crippen LogP contribution in [0.1, 0.15) is 23.1 Å². The number of likely N-dealkylation sites (N-methyl/N-ethyl adjacent to an activating group) is 1. The predicted octanol–water partition coefficient (Wildman–Crippen LogP) is 3.41. The molecule has 0 unspecified atom stereocenters. The highest BCUT2D eigenvalue weighted by Gasteiger charge is 2.21. The van der Waals surface area contributed by atoms with Crippen molar-refractivity contribution in [1.29, 1.82) is 0 Å². The van der Waals surface area contributed by atoms with E-state index in [-0.39, 0.29) is 11.5 Å². The van der Waals surface area contributed by atoms with Crippen LogP contribution in [0.25, 0.3) is 5.57 Å². The summed E-state index contributed by atoms with van der Waals surface area (Å²) in [6.45, 7) is 0.875. The van der Waals surface area contributed by atoms with Crippen LogP contribution in [-0.2, 0) is 6.42 Å². The van der Waals surface area contributed by atoms with Gasteiger partial charge in [-0.25, -0.2) is 0 Å². The van der Waals surface area contributed by atoms with Crippen LogP contribution in [0.15, 0.2) is 48.0 Å². The molecule has 0 saturated carbocycles. The first-order valence-electron chi connectivity index (χ1n) is 7.53. The molecule has 2 aromatic rings. The molecule has 2 aromatic carbocycles. The molecule has 0 bridgehead atoms.